The van der Waals surface area contributed by atoms with Crippen molar-refractivity contribution in [1.29, 1.82) is 0 Å². The number of hydrogen-bond donors (Lipinski definition) is 1. The van der Waals surface area contributed by atoms with Crippen LogP contribution in [0.2, 0.25) is 0 Å². The van der Waals surface area contributed by atoms with Crippen LogP contribution in [0.25, 0.3) is 0 Å². The molecule has 0 spiro atoms. The maximum Gasteiger partial charge on any atom is 0.267 e. The predicted octanol–water partition coefficient (Wildman–Crippen LogP) is 1.61. The van der Waals surface area contributed by atoms with Gasteiger partial charge in [-0.15, -0.1) is 11.3 Å². The molecule has 1 saturated heterocycles. The minimum atomic E-state index is 0.0338. The summed E-state index contributed by atoms with van der Waals surface area (Å²) in [5.74, 6) is 1.58. The first-order valence-corrected chi connectivity index (χ1v) is 7.69. The average Bonchev–Trinajstić information content (AvgIpc) is 3.18. The topological polar surface area (TPSA) is 61.5 Å². The van der Waals surface area contributed by atoms with Crippen LogP contribution in [0, 0.1) is 0 Å². The minimum absolute atomic E-state index is 0.0338. The van der Waals surface area contributed by atoms with Gasteiger partial charge in [0.25, 0.3) is 5.91 Å². The minimum Gasteiger partial charge on any atom is -0.495 e. The second kappa shape index (κ2) is 5.87. The van der Waals surface area contributed by atoms with E-state index in [1.54, 1.807) is 13.3 Å². The van der Waals surface area contributed by atoms with Crippen LogP contribution >= 0.6 is 11.3 Å². The average molecular weight is 306 g/mol. The molecule has 0 bridgehead atoms. The molecule has 3 rings (SSSR count). The zero-order valence-electron chi connectivity index (χ0n) is 12.1. The van der Waals surface area contributed by atoms with Gasteiger partial charge in [-0.2, -0.15) is 0 Å². The van der Waals surface area contributed by atoms with Crippen molar-refractivity contribution in [3.05, 3.63) is 34.5 Å². The zero-order valence-corrected chi connectivity index (χ0v) is 12.9. The molecule has 112 valence electrons. The number of H-pyrrole nitrogens is 1. The van der Waals surface area contributed by atoms with E-state index in [4.69, 9.17) is 4.74 Å². The molecule has 2 aromatic heterocycles. The van der Waals surface area contributed by atoms with Gasteiger partial charge < -0.3 is 14.6 Å². The number of amides is 1. The molecule has 1 amide bonds. The van der Waals surface area contributed by atoms with Crippen LogP contribution in [0.1, 0.15) is 21.5 Å². The first kappa shape index (κ1) is 14.1. The zero-order chi connectivity index (χ0) is 14.8. The molecule has 3 heterocycles. The highest BCUT2D eigenvalue weighted by Crippen LogP contribution is 2.28. The molecule has 6 nitrogen and oxygen atoms in total. The maximum absolute atomic E-state index is 12.7. The van der Waals surface area contributed by atoms with Gasteiger partial charge in [-0.1, -0.05) is 0 Å². The number of likely N-dealkylation sites (N-methyl/N-ethyl adjacent to an activating group) is 1. The summed E-state index contributed by atoms with van der Waals surface area (Å²) < 4.78 is 5.25. The van der Waals surface area contributed by atoms with E-state index in [0.717, 1.165) is 12.4 Å². The van der Waals surface area contributed by atoms with Gasteiger partial charge in [0.05, 0.1) is 13.2 Å². The Morgan fingerprint density at radius 2 is 2.38 bits per heavy atom. The van der Waals surface area contributed by atoms with Crippen LogP contribution in [0.4, 0.5) is 0 Å². The van der Waals surface area contributed by atoms with E-state index in [1.807, 2.05) is 22.5 Å². The molecule has 2 aromatic rings. The van der Waals surface area contributed by atoms with E-state index in [2.05, 4.69) is 21.9 Å². The summed E-state index contributed by atoms with van der Waals surface area (Å²) in [5, 5.41) is 1.88. The molecular weight excluding hydrogens is 288 g/mol. The molecular formula is C14H18N4O2S. The van der Waals surface area contributed by atoms with Crippen molar-refractivity contribution in [1.82, 2.24) is 19.8 Å². The fraction of sp³-hybridized carbons (Fsp3) is 0.429. The second-order valence-electron chi connectivity index (χ2n) is 5.04. The Morgan fingerprint density at radius 3 is 3.10 bits per heavy atom. The SMILES string of the molecule is COc1ccsc1C(=O)N1CCN(C)[C@@H](c2ncc[nH]2)C1. The van der Waals surface area contributed by atoms with Crippen molar-refractivity contribution in [2.75, 3.05) is 33.8 Å². The molecule has 0 aliphatic carbocycles. The van der Waals surface area contributed by atoms with Crippen LogP contribution in [-0.4, -0.2) is 59.5 Å². The molecule has 21 heavy (non-hydrogen) atoms. The van der Waals surface area contributed by atoms with Crippen molar-refractivity contribution in [2.45, 2.75) is 6.04 Å². The van der Waals surface area contributed by atoms with Gasteiger partial charge in [0.15, 0.2) is 0 Å². The Hall–Kier alpha value is -1.86. The van der Waals surface area contributed by atoms with Crippen molar-refractivity contribution in [2.24, 2.45) is 0 Å². The van der Waals surface area contributed by atoms with Gasteiger partial charge in [0.2, 0.25) is 0 Å². The van der Waals surface area contributed by atoms with Crippen LogP contribution in [-0.2, 0) is 0 Å². The van der Waals surface area contributed by atoms with Crippen LogP contribution in [0.15, 0.2) is 23.8 Å². The van der Waals surface area contributed by atoms with Crippen LogP contribution in [0.3, 0.4) is 0 Å². The first-order valence-electron chi connectivity index (χ1n) is 6.81. The quantitative estimate of drug-likeness (QED) is 0.936. The predicted molar refractivity (Wildman–Crippen MR) is 80.7 cm³/mol. The molecule has 0 unspecified atom stereocenters. The monoisotopic (exact) mass is 306 g/mol. The number of imidazole rings is 1. The van der Waals surface area contributed by atoms with Crippen LogP contribution < -0.4 is 4.74 Å². The lowest BCUT2D eigenvalue weighted by Gasteiger charge is -2.38. The third-order valence-electron chi connectivity index (χ3n) is 3.81. The highest BCUT2D eigenvalue weighted by Gasteiger charge is 2.31. The molecule has 0 aromatic carbocycles. The molecule has 7 heteroatoms. The van der Waals surface area contributed by atoms with Crippen molar-refractivity contribution < 1.29 is 9.53 Å². The summed E-state index contributed by atoms with van der Waals surface area (Å²) in [4.78, 5) is 24.9. The molecule has 1 N–H and O–H groups in total. The summed E-state index contributed by atoms with van der Waals surface area (Å²) in [7, 11) is 3.65. The Morgan fingerprint density at radius 1 is 1.52 bits per heavy atom. The third-order valence-corrected chi connectivity index (χ3v) is 4.70. The number of thiophene rings is 1. The van der Waals surface area contributed by atoms with Gasteiger partial charge in [0.1, 0.15) is 16.5 Å². The van der Waals surface area contributed by atoms with Crippen LogP contribution in [0.5, 0.6) is 5.75 Å². The fourth-order valence-corrected chi connectivity index (χ4v) is 3.40. The Balaban J connectivity index is 1.79. The largest absolute Gasteiger partial charge is 0.495 e. The van der Waals surface area contributed by atoms with E-state index in [-0.39, 0.29) is 11.9 Å². The fourth-order valence-electron chi connectivity index (χ4n) is 2.57. The second-order valence-corrected chi connectivity index (χ2v) is 5.96. The lowest BCUT2D eigenvalue weighted by Crippen LogP contribution is -2.49. The highest BCUT2D eigenvalue weighted by molar-refractivity contribution is 7.12. The van der Waals surface area contributed by atoms with Gasteiger partial charge in [-0.05, 0) is 18.5 Å². The first-order chi connectivity index (χ1) is 10.2. The summed E-state index contributed by atoms with van der Waals surface area (Å²) in [6.45, 7) is 2.17. The number of aromatic nitrogens is 2. The Bertz CT molecular complexity index is 610. The Labute approximate surface area is 127 Å². The number of aromatic amines is 1. The van der Waals surface area contributed by atoms with E-state index in [1.165, 1.54) is 11.3 Å². The summed E-state index contributed by atoms with van der Waals surface area (Å²) >= 11 is 1.42. The van der Waals surface area contributed by atoms with E-state index in [9.17, 15) is 4.79 Å². The van der Waals surface area contributed by atoms with E-state index < -0.39 is 0 Å². The number of nitrogens with one attached hydrogen (secondary N) is 1. The number of hydrogen-bond acceptors (Lipinski definition) is 5. The smallest absolute Gasteiger partial charge is 0.267 e. The van der Waals surface area contributed by atoms with Gasteiger partial charge in [-0.3, -0.25) is 9.69 Å². The molecule has 0 saturated carbocycles. The number of carbonyl (C=O) groups excluding carboxylic acids is 1. The molecule has 1 atom stereocenters. The number of ether oxygens (including phenoxy) is 1. The summed E-state index contributed by atoms with van der Waals surface area (Å²) in [6.07, 6.45) is 3.55. The van der Waals surface area contributed by atoms with Gasteiger partial charge >= 0.3 is 0 Å². The lowest BCUT2D eigenvalue weighted by molar-refractivity contribution is 0.0536. The number of methoxy groups -OCH3 is 1. The number of rotatable bonds is 3. The highest BCUT2D eigenvalue weighted by atomic mass is 32.1. The maximum atomic E-state index is 12.7. The molecule has 1 aliphatic rings. The normalized spacial score (nSPS) is 19.7. The van der Waals surface area contributed by atoms with Gasteiger partial charge in [0, 0.05) is 32.0 Å². The van der Waals surface area contributed by atoms with E-state index in [0.29, 0.717) is 23.7 Å². The Kier molecular flexibility index (Phi) is 3.94. The van der Waals surface area contributed by atoms with E-state index >= 15 is 0 Å². The standard InChI is InChI=1S/C14H18N4O2S/c1-17-6-7-18(9-10(17)13-15-4-5-16-13)14(19)12-11(20-2)3-8-21-12/h3-5,8,10H,6-7,9H2,1-2H3,(H,15,16)/t10-/m1/s1. The number of piperazine rings is 1. The number of nitrogens with zero attached hydrogens (tertiary/aromatic N) is 3. The molecule has 1 fully saturated rings. The van der Waals surface area contributed by atoms with Crippen molar-refractivity contribution in [3.63, 3.8) is 0 Å². The molecule has 1 aliphatic heterocycles. The lowest BCUT2D eigenvalue weighted by atomic mass is 10.1. The summed E-state index contributed by atoms with van der Waals surface area (Å²) in [6, 6.07) is 1.93. The van der Waals surface area contributed by atoms with Crippen molar-refractivity contribution in [3.8, 4) is 5.75 Å². The molecule has 0 radical (unpaired) electrons. The van der Waals surface area contributed by atoms with Crippen molar-refractivity contribution >= 4 is 17.2 Å². The third kappa shape index (κ3) is 2.66. The van der Waals surface area contributed by atoms with Gasteiger partial charge in [-0.25, -0.2) is 4.98 Å². The number of carbonyl (C=O) groups is 1. The summed E-state index contributed by atoms with van der Waals surface area (Å²) in [5.41, 5.74) is 0.